The van der Waals surface area contributed by atoms with Crippen molar-refractivity contribution in [2.24, 2.45) is 16.8 Å². The molecule has 92 valence electrons. The number of hydrogen-bond donors (Lipinski definition) is 1. The Kier molecular flexibility index (Phi) is 3.83. The van der Waals surface area contributed by atoms with Gasteiger partial charge < -0.3 is 5.32 Å². The van der Waals surface area contributed by atoms with E-state index in [0.717, 1.165) is 11.8 Å². The SMILES string of the molecule is CC1CC(C)SC(=NC2CCC(C)C2C)N1. The van der Waals surface area contributed by atoms with Crippen LogP contribution in [-0.4, -0.2) is 22.5 Å². The Hall–Kier alpha value is -0.180. The van der Waals surface area contributed by atoms with Crippen LogP contribution in [0.15, 0.2) is 4.99 Å². The Bertz CT molecular complexity index is 265. The predicted octanol–water partition coefficient (Wildman–Crippen LogP) is 3.28. The summed E-state index contributed by atoms with van der Waals surface area (Å²) in [6.45, 7) is 9.27. The monoisotopic (exact) mass is 240 g/mol. The highest BCUT2D eigenvalue weighted by Crippen LogP contribution is 2.34. The van der Waals surface area contributed by atoms with Crippen LogP contribution >= 0.6 is 11.8 Å². The Labute approximate surface area is 104 Å². The number of amidine groups is 1. The second kappa shape index (κ2) is 4.99. The second-order valence-corrected chi connectivity index (χ2v) is 7.05. The standard InChI is InChI=1S/C13H24N2S/c1-8-5-6-12(11(8)4)15-13-14-9(2)7-10(3)16-13/h8-12H,5-7H2,1-4H3,(H,14,15). The van der Waals surface area contributed by atoms with E-state index in [1.165, 1.54) is 24.4 Å². The van der Waals surface area contributed by atoms with Crippen LogP contribution in [0.1, 0.15) is 47.0 Å². The van der Waals surface area contributed by atoms with Gasteiger partial charge in [-0.25, -0.2) is 0 Å². The van der Waals surface area contributed by atoms with Crippen molar-refractivity contribution >= 4 is 16.9 Å². The number of rotatable bonds is 1. The van der Waals surface area contributed by atoms with Crippen LogP contribution < -0.4 is 5.32 Å². The average molecular weight is 240 g/mol. The molecule has 1 heterocycles. The first-order valence-electron chi connectivity index (χ1n) is 6.57. The summed E-state index contributed by atoms with van der Waals surface area (Å²) in [4.78, 5) is 4.94. The van der Waals surface area contributed by atoms with E-state index in [2.05, 4.69) is 33.0 Å². The minimum atomic E-state index is 0.558. The van der Waals surface area contributed by atoms with Gasteiger partial charge >= 0.3 is 0 Å². The zero-order valence-corrected chi connectivity index (χ0v) is 11.7. The molecule has 5 unspecified atom stereocenters. The number of nitrogens with one attached hydrogen (secondary N) is 1. The summed E-state index contributed by atoms with van der Waals surface area (Å²) >= 11 is 1.92. The van der Waals surface area contributed by atoms with E-state index in [9.17, 15) is 0 Å². The minimum absolute atomic E-state index is 0.558. The maximum absolute atomic E-state index is 4.94. The maximum atomic E-state index is 4.94. The van der Waals surface area contributed by atoms with E-state index in [0.29, 0.717) is 17.3 Å². The fourth-order valence-electron chi connectivity index (χ4n) is 2.78. The van der Waals surface area contributed by atoms with Crippen LogP contribution in [0.4, 0.5) is 0 Å². The highest BCUT2D eigenvalue weighted by molar-refractivity contribution is 8.14. The van der Waals surface area contributed by atoms with Crippen LogP contribution in [0.2, 0.25) is 0 Å². The van der Waals surface area contributed by atoms with Crippen LogP contribution in [0.3, 0.4) is 0 Å². The second-order valence-electron chi connectivity index (χ2n) is 5.62. The molecule has 0 aromatic carbocycles. The van der Waals surface area contributed by atoms with Crippen molar-refractivity contribution in [3.05, 3.63) is 0 Å². The number of hydrogen-bond acceptors (Lipinski definition) is 2. The molecule has 2 fully saturated rings. The molecule has 5 atom stereocenters. The Morgan fingerprint density at radius 2 is 1.94 bits per heavy atom. The van der Waals surface area contributed by atoms with Gasteiger partial charge in [0.1, 0.15) is 0 Å². The van der Waals surface area contributed by atoms with Crippen molar-refractivity contribution in [1.82, 2.24) is 5.32 Å². The van der Waals surface area contributed by atoms with Crippen LogP contribution in [0, 0.1) is 11.8 Å². The predicted molar refractivity (Wildman–Crippen MR) is 73.1 cm³/mol. The Morgan fingerprint density at radius 1 is 1.19 bits per heavy atom. The summed E-state index contributed by atoms with van der Waals surface area (Å²) in [5.74, 6) is 1.60. The molecule has 0 radical (unpaired) electrons. The summed E-state index contributed by atoms with van der Waals surface area (Å²) in [6.07, 6.45) is 3.87. The highest BCUT2D eigenvalue weighted by atomic mass is 32.2. The Balaban J connectivity index is 2.00. The lowest BCUT2D eigenvalue weighted by molar-refractivity contribution is 0.422. The van der Waals surface area contributed by atoms with Gasteiger partial charge in [-0.05, 0) is 38.0 Å². The van der Waals surface area contributed by atoms with Gasteiger partial charge in [0.15, 0.2) is 5.17 Å². The molecule has 2 rings (SSSR count). The van der Waals surface area contributed by atoms with Crippen molar-refractivity contribution in [1.29, 1.82) is 0 Å². The molecule has 1 N–H and O–H groups in total. The molecule has 2 aliphatic rings. The van der Waals surface area contributed by atoms with Gasteiger partial charge in [0.2, 0.25) is 0 Å². The quantitative estimate of drug-likeness (QED) is 0.760. The van der Waals surface area contributed by atoms with Crippen LogP contribution in [0.5, 0.6) is 0 Å². The van der Waals surface area contributed by atoms with Crippen molar-refractivity contribution in [2.45, 2.75) is 64.3 Å². The first-order chi connectivity index (χ1) is 7.56. The molecule has 2 nitrogen and oxygen atoms in total. The largest absolute Gasteiger partial charge is 0.362 e. The van der Waals surface area contributed by atoms with E-state index in [-0.39, 0.29) is 0 Å². The third-order valence-corrected chi connectivity index (χ3v) is 5.11. The average Bonchev–Trinajstić information content (AvgIpc) is 2.48. The van der Waals surface area contributed by atoms with Gasteiger partial charge in [0.25, 0.3) is 0 Å². The molecule has 0 amide bonds. The van der Waals surface area contributed by atoms with E-state index in [1.807, 2.05) is 11.8 Å². The first kappa shape index (κ1) is 12.3. The summed E-state index contributed by atoms with van der Waals surface area (Å²) in [7, 11) is 0. The van der Waals surface area contributed by atoms with Crippen molar-refractivity contribution < 1.29 is 0 Å². The fourth-order valence-corrected chi connectivity index (χ4v) is 4.01. The van der Waals surface area contributed by atoms with E-state index < -0.39 is 0 Å². The van der Waals surface area contributed by atoms with Crippen LogP contribution in [-0.2, 0) is 0 Å². The zero-order valence-electron chi connectivity index (χ0n) is 10.9. The fraction of sp³-hybridized carbons (Fsp3) is 0.923. The first-order valence-corrected chi connectivity index (χ1v) is 7.45. The van der Waals surface area contributed by atoms with Gasteiger partial charge in [-0.2, -0.15) is 0 Å². The van der Waals surface area contributed by atoms with Gasteiger partial charge in [0.05, 0.1) is 6.04 Å². The number of nitrogens with zero attached hydrogens (tertiary/aromatic N) is 1. The summed E-state index contributed by atoms with van der Waals surface area (Å²) in [5, 5.41) is 5.43. The molecule has 0 bridgehead atoms. The molecule has 0 spiro atoms. The van der Waals surface area contributed by atoms with Crippen LogP contribution in [0.25, 0.3) is 0 Å². The summed E-state index contributed by atoms with van der Waals surface area (Å²) in [6, 6.07) is 1.15. The molecule has 1 saturated heterocycles. The molecule has 16 heavy (non-hydrogen) atoms. The van der Waals surface area contributed by atoms with E-state index in [1.54, 1.807) is 0 Å². The molecule has 0 aromatic rings. The molecule has 1 aliphatic carbocycles. The molecule has 3 heteroatoms. The van der Waals surface area contributed by atoms with Gasteiger partial charge in [-0.1, -0.05) is 32.5 Å². The normalized spacial score (nSPS) is 47.0. The molecule has 1 saturated carbocycles. The lowest BCUT2D eigenvalue weighted by Crippen LogP contribution is -2.39. The Morgan fingerprint density at radius 3 is 2.50 bits per heavy atom. The lowest BCUT2D eigenvalue weighted by Gasteiger charge is -2.28. The molecule has 1 aliphatic heterocycles. The number of aliphatic imine (C=N–C) groups is 1. The molecular formula is C13H24N2S. The topological polar surface area (TPSA) is 24.4 Å². The molecular weight excluding hydrogens is 216 g/mol. The zero-order chi connectivity index (χ0) is 11.7. The van der Waals surface area contributed by atoms with Crippen molar-refractivity contribution in [2.75, 3.05) is 0 Å². The number of thioether (sulfide) groups is 1. The summed E-state index contributed by atoms with van der Waals surface area (Å²) < 4.78 is 0. The smallest absolute Gasteiger partial charge is 0.157 e. The third kappa shape index (κ3) is 2.73. The van der Waals surface area contributed by atoms with E-state index in [4.69, 9.17) is 4.99 Å². The third-order valence-electron chi connectivity index (χ3n) is 4.07. The van der Waals surface area contributed by atoms with E-state index >= 15 is 0 Å². The highest BCUT2D eigenvalue weighted by Gasteiger charge is 2.30. The lowest BCUT2D eigenvalue weighted by atomic mass is 9.98. The van der Waals surface area contributed by atoms with Gasteiger partial charge in [0, 0.05) is 11.3 Å². The van der Waals surface area contributed by atoms with Crippen molar-refractivity contribution in [3.8, 4) is 0 Å². The maximum Gasteiger partial charge on any atom is 0.157 e. The molecule has 0 aromatic heterocycles. The van der Waals surface area contributed by atoms with Crippen molar-refractivity contribution in [3.63, 3.8) is 0 Å². The van der Waals surface area contributed by atoms with Gasteiger partial charge in [-0.15, -0.1) is 0 Å². The van der Waals surface area contributed by atoms with Gasteiger partial charge in [-0.3, -0.25) is 4.99 Å². The minimum Gasteiger partial charge on any atom is -0.362 e. The summed E-state index contributed by atoms with van der Waals surface area (Å²) in [5.41, 5.74) is 0.